The van der Waals surface area contributed by atoms with Crippen molar-refractivity contribution in [2.45, 2.75) is 0 Å². The van der Waals surface area contributed by atoms with Crippen molar-refractivity contribution in [3.8, 4) is 0 Å². The minimum atomic E-state index is -0.343. The van der Waals surface area contributed by atoms with E-state index in [0.29, 0.717) is 23.0 Å². The SMILES string of the molecule is Nc1ccc2ncc(C(=O)Nc3ccccn3)n2n1. The van der Waals surface area contributed by atoms with Gasteiger partial charge in [-0.3, -0.25) is 4.79 Å². The highest BCUT2D eigenvalue weighted by atomic mass is 16.2. The van der Waals surface area contributed by atoms with Crippen LogP contribution in [0.4, 0.5) is 11.6 Å². The van der Waals surface area contributed by atoms with Gasteiger partial charge in [0.2, 0.25) is 0 Å². The first-order chi connectivity index (χ1) is 9.24. The maximum atomic E-state index is 12.1. The molecule has 94 valence electrons. The number of nitrogen functional groups attached to an aromatic ring is 1. The Labute approximate surface area is 108 Å². The summed E-state index contributed by atoms with van der Waals surface area (Å²) in [6.07, 6.45) is 3.04. The maximum Gasteiger partial charge on any atom is 0.277 e. The average molecular weight is 254 g/mol. The number of pyridine rings is 1. The Morgan fingerprint density at radius 1 is 1.21 bits per heavy atom. The van der Waals surface area contributed by atoms with Gasteiger partial charge in [-0.25, -0.2) is 14.5 Å². The van der Waals surface area contributed by atoms with Crippen molar-refractivity contribution in [1.82, 2.24) is 19.6 Å². The van der Waals surface area contributed by atoms with Gasteiger partial charge in [0.15, 0.2) is 11.3 Å². The third-order valence-corrected chi connectivity index (χ3v) is 2.52. The molecule has 0 spiro atoms. The summed E-state index contributed by atoms with van der Waals surface area (Å²) < 4.78 is 1.40. The summed E-state index contributed by atoms with van der Waals surface area (Å²) in [5.41, 5.74) is 6.46. The summed E-state index contributed by atoms with van der Waals surface area (Å²) in [6, 6.07) is 8.57. The monoisotopic (exact) mass is 254 g/mol. The number of nitrogens with one attached hydrogen (secondary N) is 1. The Balaban J connectivity index is 1.96. The fourth-order valence-corrected chi connectivity index (χ4v) is 1.66. The van der Waals surface area contributed by atoms with Crippen LogP contribution in [0.3, 0.4) is 0 Å². The maximum absolute atomic E-state index is 12.1. The molecule has 0 atom stereocenters. The van der Waals surface area contributed by atoms with Crippen LogP contribution in [0.1, 0.15) is 10.5 Å². The van der Waals surface area contributed by atoms with Gasteiger partial charge in [-0.2, -0.15) is 0 Å². The number of anilines is 2. The zero-order chi connectivity index (χ0) is 13.2. The van der Waals surface area contributed by atoms with Gasteiger partial charge in [0.25, 0.3) is 5.91 Å². The quantitative estimate of drug-likeness (QED) is 0.709. The van der Waals surface area contributed by atoms with Crippen molar-refractivity contribution in [1.29, 1.82) is 0 Å². The van der Waals surface area contributed by atoms with E-state index in [9.17, 15) is 4.79 Å². The summed E-state index contributed by atoms with van der Waals surface area (Å²) in [5, 5.41) is 6.71. The Morgan fingerprint density at radius 2 is 2.11 bits per heavy atom. The number of carbonyl (C=O) groups excluding carboxylic acids is 1. The second-order valence-corrected chi connectivity index (χ2v) is 3.84. The number of rotatable bonds is 2. The lowest BCUT2D eigenvalue weighted by molar-refractivity contribution is 0.102. The number of hydrogen-bond donors (Lipinski definition) is 2. The molecule has 0 saturated heterocycles. The number of nitrogens with zero attached hydrogens (tertiary/aromatic N) is 4. The first-order valence-electron chi connectivity index (χ1n) is 5.57. The molecule has 1 amide bonds. The van der Waals surface area contributed by atoms with Crippen molar-refractivity contribution in [3.05, 3.63) is 48.4 Å². The lowest BCUT2D eigenvalue weighted by Gasteiger charge is -2.03. The highest BCUT2D eigenvalue weighted by molar-refractivity contribution is 6.02. The van der Waals surface area contributed by atoms with E-state index < -0.39 is 0 Å². The fourth-order valence-electron chi connectivity index (χ4n) is 1.66. The van der Waals surface area contributed by atoms with Crippen LogP contribution >= 0.6 is 0 Å². The molecule has 3 N–H and O–H groups in total. The summed E-state index contributed by atoms with van der Waals surface area (Å²) >= 11 is 0. The second-order valence-electron chi connectivity index (χ2n) is 3.84. The van der Waals surface area contributed by atoms with Gasteiger partial charge >= 0.3 is 0 Å². The van der Waals surface area contributed by atoms with Crippen LogP contribution in [-0.2, 0) is 0 Å². The predicted molar refractivity (Wildman–Crippen MR) is 69.6 cm³/mol. The predicted octanol–water partition coefficient (Wildman–Crippen LogP) is 0.959. The first kappa shape index (κ1) is 11.1. The van der Waals surface area contributed by atoms with Crippen LogP contribution in [0.25, 0.3) is 5.65 Å². The van der Waals surface area contributed by atoms with Gasteiger partial charge in [-0.15, -0.1) is 5.10 Å². The van der Waals surface area contributed by atoms with Crippen LogP contribution < -0.4 is 11.1 Å². The van der Waals surface area contributed by atoms with Gasteiger partial charge in [0.1, 0.15) is 11.6 Å². The molecule has 3 heterocycles. The molecule has 3 aromatic heterocycles. The van der Waals surface area contributed by atoms with E-state index in [0.717, 1.165) is 0 Å². The minimum absolute atomic E-state index is 0.299. The fraction of sp³-hybridized carbons (Fsp3) is 0. The normalized spacial score (nSPS) is 10.5. The molecule has 0 radical (unpaired) electrons. The van der Waals surface area contributed by atoms with Crippen molar-refractivity contribution >= 4 is 23.2 Å². The zero-order valence-corrected chi connectivity index (χ0v) is 9.82. The van der Waals surface area contributed by atoms with Crippen LogP contribution in [-0.4, -0.2) is 25.5 Å². The minimum Gasteiger partial charge on any atom is -0.382 e. The van der Waals surface area contributed by atoms with Crippen molar-refractivity contribution in [2.24, 2.45) is 0 Å². The van der Waals surface area contributed by atoms with E-state index >= 15 is 0 Å². The molecule has 3 aromatic rings. The summed E-state index contributed by atoms with van der Waals surface area (Å²) in [5.74, 6) is 0.438. The smallest absolute Gasteiger partial charge is 0.277 e. The Morgan fingerprint density at radius 3 is 2.89 bits per heavy atom. The number of carbonyl (C=O) groups is 1. The molecule has 0 fully saturated rings. The van der Waals surface area contributed by atoms with Gasteiger partial charge in [-0.05, 0) is 24.3 Å². The number of fused-ring (bicyclic) bond motifs is 1. The highest BCUT2D eigenvalue weighted by Gasteiger charge is 2.13. The third kappa shape index (κ3) is 2.08. The van der Waals surface area contributed by atoms with Crippen LogP contribution in [0.2, 0.25) is 0 Å². The van der Waals surface area contributed by atoms with Gasteiger partial charge < -0.3 is 11.1 Å². The molecule has 0 unspecified atom stereocenters. The largest absolute Gasteiger partial charge is 0.382 e. The first-order valence-corrected chi connectivity index (χ1v) is 5.57. The molecule has 0 aliphatic heterocycles. The second kappa shape index (κ2) is 4.37. The molecule has 0 saturated carbocycles. The van der Waals surface area contributed by atoms with E-state index in [4.69, 9.17) is 5.73 Å². The van der Waals surface area contributed by atoms with Crippen molar-refractivity contribution in [2.75, 3.05) is 11.1 Å². The molecule has 0 aliphatic rings. The molecule has 0 aliphatic carbocycles. The Bertz CT molecular complexity index is 736. The average Bonchev–Trinajstić information content (AvgIpc) is 2.82. The molecular weight excluding hydrogens is 244 g/mol. The zero-order valence-electron chi connectivity index (χ0n) is 9.82. The summed E-state index contributed by atoms with van der Waals surface area (Å²) in [7, 11) is 0. The third-order valence-electron chi connectivity index (χ3n) is 2.52. The van der Waals surface area contributed by atoms with Crippen molar-refractivity contribution < 1.29 is 4.79 Å². The highest BCUT2D eigenvalue weighted by Crippen LogP contribution is 2.09. The van der Waals surface area contributed by atoms with Crippen LogP contribution in [0.15, 0.2) is 42.7 Å². The molecule has 19 heavy (non-hydrogen) atoms. The molecule has 0 bridgehead atoms. The number of nitrogens with two attached hydrogens (primary N) is 1. The Kier molecular flexibility index (Phi) is 2.57. The number of aromatic nitrogens is 4. The standard InChI is InChI=1S/C12H10N6O/c13-9-4-5-11-15-7-8(18(11)17-9)12(19)16-10-3-1-2-6-14-10/h1-7H,(H2,13,17)(H,14,16,19). The van der Waals surface area contributed by atoms with Crippen LogP contribution in [0.5, 0.6) is 0 Å². The lowest BCUT2D eigenvalue weighted by Crippen LogP contribution is -2.16. The van der Waals surface area contributed by atoms with Crippen molar-refractivity contribution in [3.63, 3.8) is 0 Å². The summed E-state index contributed by atoms with van der Waals surface area (Å²) in [6.45, 7) is 0. The van der Waals surface area contributed by atoms with Gasteiger partial charge in [0.05, 0.1) is 6.20 Å². The molecule has 3 rings (SSSR count). The molecule has 7 heteroatoms. The lowest BCUT2D eigenvalue weighted by atomic mass is 10.4. The molecule has 7 nitrogen and oxygen atoms in total. The molecular formula is C12H10N6O. The van der Waals surface area contributed by atoms with Gasteiger partial charge in [-0.1, -0.05) is 6.07 Å². The number of hydrogen-bond acceptors (Lipinski definition) is 5. The number of amides is 1. The molecule has 0 aromatic carbocycles. The number of imidazole rings is 1. The topological polar surface area (TPSA) is 98.2 Å². The van der Waals surface area contributed by atoms with E-state index in [1.807, 2.05) is 0 Å². The van der Waals surface area contributed by atoms with Gasteiger partial charge in [0, 0.05) is 6.20 Å². The summed E-state index contributed by atoms with van der Waals surface area (Å²) in [4.78, 5) is 20.2. The Hall–Kier alpha value is -2.96. The van der Waals surface area contributed by atoms with E-state index in [2.05, 4.69) is 20.4 Å². The van der Waals surface area contributed by atoms with E-state index in [1.165, 1.54) is 10.7 Å². The van der Waals surface area contributed by atoms with E-state index in [-0.39, 0.29) is 5.91 Å². The van der Waals surface area contributed by atoms with Crippen LogP contribution in [0, 0.1) is 0 Å². The van der Waals surface area contributed by atoms with E-state index in [1.54, 1.807) is 36.5 Å².